The molecule has 2 aliphatic carbocycles. The van der Waals surface area contributed by atoms with E-state index in [2.05, 4.69) is 75.1 Å². The van der Waals surface area contributed by atoms with E-state index >= 15 is 0 Å². The van der Waals surface area contributed by atoms with Crippen molar-refractivity contribution < 1.29 is 4.74 Å². The minimum absolute atomic E-state index is 0. The normalized spacial score (nSPS) is 15.1. The lowest BCUT2D eigenvalue weighted by atomic mass is 9.83. The lowest BCUT2D eigenvalue weighted by Crippen LogP contribution is -2.38. The first-order chi connectivity index (χ1) is 14.4. The number of hydrogen-bond acceptors (Lipinski definition) is 3. The second-order valence-corrected chi connectivity index (χ2v) is 11.0. The molecule has 0 aromatic carbocycles. The van der Waals surface area contributed by atoms with Crippen LogP contribution < -0.4 is 0 Å². The number of rotatable bonds is 9. The van der Waals surface area contributed by atoms with Crippen molar-refractivity contribution in [3.05, 3.63) is 55.6 Å². The van der Waals surface area contributed by atoms with E-state index in [-0.39, 0.29) is 12.4 Å². The molecule has 1 fully saturated rings. The van der Waals surface area contributed by atoms with E-state index in [9.17, 15) is 0 Å². The van der Waals surface area contributed by atoms with Crippen molar-refractivity contribution in [3.8, 4) is 0 Å². The summed E-state index contributed by atoms with van der Waals surface area (Å²) < 4.78 is 5.46. The van der Waals surface area contributed by atoms with Crippen molar-refractivity contribution in [2.75, 3.05) is 32.8 Å². The minimum atomic E-state index is 0. The number of morpholine rings is 1. The van der Waals surface area contributed by atoms with Crippen LogP contribution in [-0.4, -0.2) is 37.7 Å². The molecule has 0 spiro atoms. The molecule has 0 radical (unpaired) electrons. The monoisotopic (exact) mass is 463 g/mol. The number of benzene rings is 1. The summed E-state index contributed by atoms with van der Waals surface area (Å²) in [6.07, 6.45) is 7.74. The fraction of sp³-hybridized carbons (Fsp3) is 0.630. The maximum atomic E-state index is 5.46. The van der Waals surface area contributed by atoms with E-state index in [1.54, 1.807) is 16.0 Å². The Labute approximate surface area is 200 Å². The molecule has 31 heavy (non-hydrogen) atoms. The van der Waals surface area contributed by atoms with Crippen molar-refractivity contribution in [1.29, 1.82) is 0 Å². The van der Waals surface area contributed by atoms with Gasteiger partial charge < -0.3 is 4.74 Å². The highest BCUT2D eigenvalue weighted by molar-refractivity contribution is 7.12. The molecule has 0 saturated carbocycles. The van der Waals surface area contributed by atoms with Gasteiger partial charge in [0, 0.05) is 22.8 Å². The van der Waals surface area contributed by atoms with Gasteiger partial charge in [0.05, 0.1) is 13.2 Å². The fourth-order valence-corrected chi connectivity index (χ4v) is 5.38. The largest absolute Gasteiger partial charge is 0.379 e. The smallest absolute Gasteiger partial charge is 0.0594 e. The first-order valence-corrected chi connectivity index (χ1v) is 12.7. The number of hydrogen-bond donors (Lipinski definition) is 0. The molecule has 174 valence electrons. The number of aryl methyl sites for hydroxylation is 2. The molecule has 0 N–H and O–H groups in total. The number of thiophene rings is 1. The maximum Gasteiger partial charge on any atom is 0.0594 e. The van der Waals surface area contributed by atoms with Crippen LogP contribution in [0, 0.1) is 29.7 Å². The molecule has 2 nitrogen and oxygen atoms in total. The van der Waals surface area contributed by atoms with Crippen molar-refractivity contribution in [2.45, 2.75) is 73.1 Å². The third-order valence-corrected chi connectivity index (χ3v) is 8.14. The van der Waals surface area contributed by atoms with Crippen LogP contribution in [0.5, 0.6) is 0 Å². The molecule has 0 amide bonds. The topological polar surface area (TPSA) is 12.5 Å². The number of halogens is 1. The van der Waals surface area contributed by atoms with Gasteiger partial charge in [-0.05, 0) is 79.5 Å². The van der Waals surface area contributed by atoms with Gasteiger partial charge in [0.25, 0.3) is 0 Å². The summed E-state index contributed by atoms with van der Waals surface area (Å²) in [6, 6.07) is 8.48. The molecule has 0 atom stereocenters. The predicted octanol–water partition coefficient (Wildman–Crippen LogP) is 7.10. The van der Waals surface area contributed by atoms with Gasteiger partial charge in [-0.15, -0.1) is 23.7 Å². The van der Waals surface area contributed by atoms with Gasteiger partial charge in [0.2, 0.25) is 0 Å². The Kier molecular flexibility index (Phi) is 10.5. The summed E-state index contributed by atoms with van der Waals surface area (Å²) in [5, 5.41) is 2.85. The van der Waals surface area contributed by atoms with Gasteiger partial charge in [0.1, 0.15) is 0 Å². The second-order valence-electron chi connectivity index (χ2n) is 9.73. The Morgan fingerprint density at radius 2 is 1.58 bits per heavy atom. The zero-order valence-electron chi connectivity index (χ0n) is 20.3. The SMILES string of the molecule is CCCCc1c(CCC(C)(C)CCN2CCOCC2)sc(C)c1C.Cl.c1cc2ccc1=2. The van der Waals surface area contributed by atoms with E-state index in [4.69, 9.17) is 4.74 Å². The van der Waals surface area contributed by atoms with Gasteiger partial charge in [-0.25, -0.2) is 0 Å². The number of unbranched alkanes of at least 4 members (excludes halogenated alkanes) is 1. The third kappa shape index (κ3) is 7.60. The Hall–Kier alpha value is -0.870. The quantitative estimate of drug-likeness (QED) is 0.335. The summed E-state index contributed by atoms with van der Waals surface area (Å²) in [5.74, 6) is 0. The molecule has 1 saturated heterocycles. The van der Waals surface area contributed by atoms with E-state index in [0.717, 1.165) is 26.3 Å². The molecule has 1 aromatic rings. The number of nitrogens with zero attached hydrogens (tertiary/aromatic N) is 1. The van der Waals surface area contributed by atoms with Crippen molar-refractivity contribution in [1.82, 2.24) is 4.90 Å². The van der Waals surface area contributed by atoms with Crippen molar-refractivity contribution in [3.63, 3.8) is 0 Å². The zero-order valence-corrected chi connectivity index (χ0v) is 21.9. The van der Waals surface area contributed by atoms with Crippen LogP contribution >= 0.6 is 23.7 Å². The highest BCUT2D eigenvalue weighted by Crippen LogP contribution is 2.34. The van der Waals surface area contributed by atoms with Gasteiger partial charge in [-0.3, -0.25) is 4.90 Å². The molecule has 4 heteroatoms. The Morgan fingerprint density at radius 1 is 0.968 bits per heavy atom. The predicted molar refractivity (Wildman–Crippen MR) is 138 cm³/mol. The van der Waals surface area contributed by atoms with Crippen LogP contribution in [0.3, 0.4) is 0 Å². The first-order valence-electron chi connectivity index (χ1n) is 11.9. The molecule has 4 rings (SSSR count). The summed E-state index contributed by atoms with van der Waals surface area (Å²) in [5.41, 5.74) is 3.66. The molecule has 0 bridgehead atoms. The highest BCUT2D eigenvalue weighted by Gasteiger charge is 2.22. The molecule has 2 heterocycles. The Bertz CT molecular complexity index is 848. The van der Waals surface area contributed by atoms with Crippen LogP contribution in [0.1, 0.15) is 67.3 Å². The van der Waals surface area contributed by atoms with Crippen molar-refractivity contribution >= 4 is 23.7 Å². The average Bonchev–Trinajstić information content (AvgIpc) is 3.00. The number of ether oxygens (including phenoxy) is 1. The molecule has 3 aliphatic rings. The molecular weight excluding hydrogens is 422 g/mol. The molecule has 0 unspecified atom stereocenters. The summed E-state index contributed by atoms with van der Waals surface area (Å²) in [7, 11) is 0. The second kappa shape index (κ2) is 12.4. The highest BCUT2D eigenvalue weighted by atomic mass is 35.5. The first kappa shape index (κ1) is 26.4. The Balaban J connectivity index is 0.000000411. The third-order valence-electron chi connectivity index (χ3n) is 6.83. The molecule has 1 aliphatic heterocycles. The lowest BCUT2D eigenvalue weighted by Gasteiger charge is -2.31. The van der Waals surface area contributed by atoms with Crippen LogP contribution in [0.4, 0.5) is 0 Å². The van der Waals surface area contributed by atoms with Crippen molar-refractivity contribution in [2.24, 2.45) is 5.41 Å². The lowest BCUT2D eigenvalue weighted by molar-refractivity contribution is 0.0323. The minimum Gasteiger partial charge on any atom is -0.379 e. The van der Waals surface area contributed by atoms with Crippen LogP contribution in [0.15, 0.2) is 24.3 Å². The van der Waals surface area contributed by atoms with E-state index < -0.39 is 0 Å². The molecule has 1 aromatic heterocycles. The van der Waals surface area contributed by atoms with E-state index in [0.29, 0.717) is 5.41 Å². The average molecular weight is 464 g/mol. The van der Waals surface area contributed by atoms with Crippen LogP contribution in [0.25, 0.3) is 0 Å². The van der Waals surface area contributed by atoms with Gasteiger partial charge in [-0.1, -0.05) is 51.5 Å². The van der Waals surface area contributed by atoms with Gasteiger partial charge >= 0.3 is 0 Å². The standard InChI is InChI=1S/C21H37NOS.C6H4.ClH/c1-6-7-8-19-17(2)18(3)24-20(19)9-10-21(4,5)11-12-22-13-15-23-16-14-22;1-2-6-4-3-5(1)6;/h6-16H2,1-5H3;1-4H;1H. The van der Waals surface area contributed by atoms with Crippen LogP contribution in [-0.2, 0) is 17.6 Å². The van der Waals surface area contributed by atoms with Gasteiger partial charge in [0.15, 0.2) is 0 Å². The summed E-state index contributed by atoms with van der Waals surface area (Å²) >= 11 is 2.05. The summed E-state index contributed by atoms with van der Waals surface area (Å²) in [6.45, 7) is 17.1. The maximum absolute atomic E-state index is 5.46. The summed E-state index contributed by atoms with van der Waals surface area (Å²) in [4.78, 5) is 5.76. The zero-order chi connectivity index (χ0) is 21.6. The molecular formula is C27H42ClNOS. The van der Waals surface area contributed by atoms with Gasteiger partial charge in [-0.2, -0.15) is 0 Å². The fourth-order valence-electron chi connectivity index (χ4n) is 4.15. The Morgan fingerprint density at radius 3 is 2.10 bits per heavy atom. The van der Waals surface area contributed by atoms with Crippen LogP contribution in [0.2, 0.25) is 0 Å². The van der Waals surface area contributed by atoms with E-state index in [1.807, 2.05) is 0 Å². The van der Waals surface area contributed by atoms with E-state index in [1.165, 1.54) is 60.4 Å².